The third kappa shape index (κ3) is 7.24. The van der Waals surface area contributed by atoms with E-state index in [1.165, 1.54) is 12.3 Å². The highest BCUT2D eigenvalue weighted by atomic mass is 16.5. The van der Waals surface area contributed by atoms with Crippen LogP contribution < -0.4 is 15.6 Å². The number of aromatic nitrogens is 3. The van der Waals surface area contributed by atoms with Crippen molar-refractivity contribution >= 4 is 11.7 Å². The first kappa shape index (κ1) is 31.3. The van der Waals surface area contributed by atoms with Gasteiger partial charge in [-0.05, 0) is 98.3 Å². The van der Waals surface area contributed by atoms with Crippen molar-refractivity contribution in [3.8, 4) is 22.8 Å². The Labute approximate surface area is 268 Å². The van der Waals surface area contributed by atoms with Crippen molar-refractivity contribution in [1.29, 1.82) is 0 Å². The van der Waals surface area contributed by atoms with Crippen LogP contribution in [0.4, 0.5) is 0 Å². The van der Waals surface area contributed by atoms with Crippen LogP contribution in [0.1, 0.15) is 77.4 Å². The van der Waals surface area contributed by atoms with E-state index in [1.54, 1.807) is 36.4 Å². The zero-order valence-electron chi connectivity index (χ0n) is 26.2. The molecule has 10 heteroatoms. The van der Waals surface area contributed by atoms with Gasteiger partial charge >= 0.3 is 0 Å². The minimum atomic E-state index is -0.499. The van der Waals surface area contributed by atoms with Gasteiger partial charge < -0.3 is 24.7 Å². The number of ketones is 1. The molecule has 1 amide bonds. The van der Waals surface area contributed by atoms with Crippen LogP contribution in [0.15, 0.2) is 77.7 Å². The van der Waals surface area contributed by atoms with Gasteiger partial charge in [0.2, 0.25) is 5.78 Å². The second-order valence-electron chi connectivity index (χ2n) is 12.2. The van der Waals surface area contributed by atoms with Gasteiger partial charge in [0.1, 0.15) is 11.5 Å². The lowest BCUT2D eigenvalue weighted by Crippen LogP contribution is -2.49. The number of rotatable bonds is 9. The number of carbonyl (C=O) groups is 2. The Morgan fingerprint density at radius 3 is 2.37 bits per heavy atom. The lowest BCUT2D eigenvalue weighted by atomic mass is 9.98. The summed E-state index contributed by atoms with van der Waals surface area (Å²) in [5.74, 6) is 0.202. The number of nitrogens with zero attached hydrogens (tertiary/aromatic N) is 3. The van der Waals surface area contributed by atoms with Crippen molar-refractivity contribution in [1.82, 2.24) is 25.4 Å². The van der Waals surface area contributed by atoms with Gasteiger partial charge in [-0.3, -0.25) is 14.4 Å². The number of likely N-dealkylation sites (tertiary alicyclic amines) is 1. The maximum atomic E-state index is 13.5. The summed E-state index contributed by atoms with van der Waals surface area (Å²) in [6.07, 6.45) is 5.33. The van der Waals surface area contributed by atoms with E-state index in [1.807, 2.05) is 24.3 Å². The maximum Gasteiger partial charge on any atom is 0.259 e. The highest BCUT2D eigenvalue weighted by molar-refractivity contribution is 6.11. The molecule has 2 N–H and O–H groups in total. The Hall–Kier alpha value is -4.67. The van der Waals surface area contributed by atoms with Gasteiger partial charge in [0.05, 0.1) is 22.5 Å². The summed E-state index contributed by atoms with van der Waals surface area (Å²) >= 11 is 0. The average Bonchev–Trinajstić information content (AvgIpc) is 3.09. The highest BCUT2D eigenvalue weighted by Crippen LogP contribution is 2.30. The summed E-state index contributed by atoms with van der Waals surface area (Å²) in [5.41, 5.74) is 2.55. The van der Waals surface area contributed by atoms with E-state index >= 15 is 0 Å². The Balaban J connectivity index is 1.20. The molecule has 0 spiro atoms. The molecule has 2 aliphatic rings. The zero-order chi connectivity index (χ0) is 32.0. The Morgan fingerprint density at radius 2 is 1.70 bits per heavy atom. The van der Waals surface area contributed by atoms with E-state index in [9.17, 15) is 14.4 Å². The predicted molar refractivity (Wildman–Crippen MR) is 174 cm³/mol. The number of benzene rings is 2. The standard InChI is InChI=1S/C36H39N5O5/c1-23(2)31-11-12-32(40-39-31)24-5-8-28(9-6-24)46-33-22-25(7-10-29(33)34(42)30-4-3-17-37-36(30)44)35(43)38-26-13-18-41(19-14-26)27-15-20-45-21-16-27/h3-12,17,22-23,26-27H,13-16,18-21H2,1-2H3,(H,37,44)(H,38,43). The Kier molecular flexibility index (Phi) is 9.65. The molecular weight excluding hydrogens is 582 g/mol. The smallest absolute Gasteiger partial charge is 0.259 e. The van der Waals surface area contributed by atoms with E-state index in [-0.39, 0.29) is 34.7 Å². The number of pyridine rings is 1. The second-order valence-corrected chi connectivity index (χ2v) is 12.2. The van der Waals surface area contributed by atoms with Crippen LogP contribution in [-0.2, 0) is 4.74 Å². The number of aromatic amines is 1. The van der Waals surface area contributed by atoms with Crippen LogP contribution in [0.5, 0.6) is 11.5 Å². The lowest BCUT2D eigenvalue weighted by molar-refractivity contribution is 0.0238. The van der Waals surface area contributed by atoms with Crippen LogP contribution >= 0.6 is 0 Å². The summed E-state index contributed by atoms with van der Waals surface area (Å²) in [7, 11) is 0. The number of hydrogen-bond donors (Lipinski definition) is 2. The number of carbonyl (C=O) groups excluding carboxylic acids is 2. The van der Waals surface area contributed by atoms with Gasteiger partial charge in [-0.15, -0.1) is 0 Å². The van der Waals surface area contributed by atoms with E-state index < -0.39 is 11.3 Å². The average molecular weight is 622 g/mol. The molecule has 4 aromatic rings. The van der Waals surface area contributed by atoms with Gasteiger partial charge in [-0.1, -0.05) is 13.8 Å². The molecular formula is C36H39N5O5. The molecule has 2 aliphatic heterocycles. The lowest BCUT2D eigenvalue weighted by Gasteiger charge is -2.39. The van der Waals surface area contributed by atoms with Crippen molar-refractivity contribution in [3.63, 3.8) is 0 Å². The topological polar surface area (TPSA) is 127 Å². The second kappa shape index (κ2) is 14.2. The minimum absolute atomic E-state index is 0.0143. The molecule has 0 bridgehead atoms. The van der Waals surface area contributed by atoms with Crippen molar-refractivity contribution in [2.24, 2.45) is 0 Å². The molecule has 238 valence electrons. The molecule has 10 nitrogen and oxygen atoms in total. The van der Waals surface area contributed by atoms with Gasteiger partial charge in [0, 0.05) is 55.7 Å². The largest absolute Gasteiger partial charge is 0.457 e. The zero-order valence-corrected chi connectivity index (χ0v) is 26.2. The number of amides is 1. The van der Waals surface area contributed by atoms with Crippen LogP contribution in [0.25, 0.3) is 11.3 Å². The number of piperidine rings is 1. The summed E-state index contributed by atoms with van der Waals surface area (Å²) in [5, 5.41) is 11.8. The first-order valence-electron chi connectivity index (χ1n) is 16.0. The third-order valence-electron chi connectivity index (χ3n) is 8.78. The van der Waals surface area contributed by atoms with E-state index in [0.29, 0.717) is 17.4 Å². The third-order valence-corrected chi connectivity index (χ3v) is 8.78. The monoisotopic (exact) mass is 621 g/mol. The molecule has 2 saturated heterocycles. The van der Waals surface area contributed by atoms with Gasteiger partial charge in [0.15, 0.2) is 0 Å². The first-order chi connectivity index (χ1) is 22.4. The van der Waals surface area contributed by atoms with Crippen molar-refractivity contribution in [2.75, 3.05) is 26.3 Å². The minimum Gasteiger partial charge on any atom is -0.457 e. The highest BCUT2D eigenvalue weighted by Gasteiger charge is 2.28. The molecule has 46 heavy (non-hydrogen) atoms. The van der Waals surface area contributed by atoms with Crippen LogP contribution in [0, 0.1) is 0 Å². The molecule has 2 aromatic carbocycles. The summed E-state index contributed by atoms with van der Waals surface area (Å²) < 4.78 is 11.7. The molecule has 0 unspecified atom stereocenters. The fraction of sp³-hybridized carbons (Fsp3) is 0.361. The number of ether oxygens (including phenoxy) is 2. The molecule has 2 fully saturated rings. The Morgan fingerprint density at radius 1 is 0.935 bits per heavy atom. The molecule has 6 rings (SSSR count). The molecule has 0 atom stereocenters. The van der Waals surface area contributed by atoms with Crippen molar-refractivity contribution in [2.45, 2.75) is 57.5 Å². The van der Waals surface area contributed by atoms with Crippen molar-refractivity contribution < 1.29 is 19.1 Å². The summed E-state index contributed by atoms with van der Waals surface area (Å²) in [6.45, 7) is 7.64. The van der Waals surface area contributed by atoms with E-state index in [0.717, 1.165) is 68.9 Å². The first-order valence-corrected chi connectivity index (χ1v) is 16.0. The maximum absolute atomic E-state index is 13.5. The molecule has 4 heterocycles. The predicted octanol–water partition coefficient (Wildman–Crippen LogP) is 5.35. The van der Waals surface area contributed by atoms with Crippen LogP contribution in [0.3, 0.4) is 0 Å². The Bertz CT molecular complexity index is 1720. The quantitative estimate of drug-likeness (QED) is 0.240. The number of nitrogens with one attached hydrogen (secondary N) is 2. The van der Waals surface area contributed by atoms with Gasteiger partial charge in [-0.25, -0.2) is 0 Å². The van der Waals surface area contributed by atoms with Crippen LogP contribution in [-0.4, -0.2) is 70.2 Å². The van der Waals surface area contributed by atoms with Gasteiger partial charge in [0.25, 0.3) is 11.5 Å². The fourth-order valence-electron chi connectivity index (χ4n) is 6.03. The molecule has 0 aliphatic carbocycles. The number of hydrogen-bond acceptors (Lipinski definition) is 8. The van der Waals surface area contributed by atoms with Gasteiger partial charge in [-0.2, -0.15) is 10.2 Å². The van der Waals surface area contributed by atoms with Crippen LogP contribution in [0.2, 0.25) is 0 Å². The summed E-state index contributed by atoms with van der Waals surface area (Å²) in [4.78, 5) is 44.5. The normalized spacial score (nSPS) is 16.3. The molecule has 2 aromatic heterocycles. The number of H-pyrrole nitrogens is 1. The fourth-order valence-corrected chi connectivity index (χ4v) is 6.03. The summed E-state index contributed by atoms with van der Waals surface area (Å²) in [6, 6.07) is 19.6. The molecule has 0 saturated carbocycles. The van der Waals surface area contributed by atoms with E-state index in [2.05, 4.69) is 39.2 Å². The SMILES string of the molecule is CC(C)c1ccc(-c2ccc(Oc3cc(C(=O)NC4CCN(C5CCOCC5)CC4)ccc3C(=O)c3ccc[nH]c3=O)cc2)nn1. The molecule has 0 radical (unpaired) electrons. The van der Waals surface area contributed by atoms with E-state index in [4.69, 9.17) is 9.47 Å². The van der Waals surface area contributed by atoms with Crippen molar-refractivity contribution in [3.05, 3.63) is 106 Å².